The Hall–Kier alpha value is -10.3. The monoisotopic (exact) mass is 1030 g/mol. The number of hydrogen-bond acceptors (Lipinski definition) is 2. The molecule has 0 aliphatic heterocycles. The molecule has 2 nitrogen and oxygen atoms in total. The Bertz CT molecular complexity index is 4670. The van der Waals surface area contributed by atoms with E-state index in [0.717, 1.165) is 50.1 Å². The van der Waals surface area contributed by atoms with Gasteiger partial charge in [-0.1, -0.05) is 263 Å². The molecule has 2 heteroatoms. The van der Waals surface area contributed by atoms with Gasteiger partial charge in [0.15, 0.2) is 0 Å². The minimum atomic E-state index is -0.155. The molecule has 14 aromatic rings. The maximum absolute atomic E-state index is 6.54. The van der Waals surface area contributed by atoms with Crippen molar-refractivity contribution in [3.8, 4) is 100 Å². The third-order valence-electron chi connectivity index (χ3n) is 17.4. The van der Waals surface area contributed by atoms with Crippen molar-refractivity contribution in [2.45, 2.75) is 19.3 Å². The van der Waals surface area contributed by atoms with Crippen molar-refractivity contribution in [3.63, 3.8) is 0 Å². The maximum atomic E-state index is 6.54. The number of furan rings is 1. The molecule has 16 rings (SSSR count). The number of para-hydroxylation sites is 2. The molecule has 2 aliphatic carbocycles. The van der Waals surface area contributed by atoms with E-state index in [-0.39, 0.29) is 5.41 Å². The van der Waals surface area contributed by atoms with Gasteiger partial charge >= 0.3 is 0 Å². The Labute approximate surface area is 472 Å². The van der Waals surface area contributed by atoms with E-state index < -0.39 is 0 Å². The van der Waals surface area contributed by atoms with Crippen LogP contribution < -0.4 is 4.90 Å². The first-order chi connectivity index (χ1) is 40.0. The van der Waals surface area contributed by atoms with Crippen molar-refractivity contribution >= 4 is 49.8 Å². The lowest BCUT2D eigenvalue weighted by Crippen LogP contribution is -2.16. The SMILES string of the molecule is CC1(C)c2ccccc2-c2c(N(c3ccc(-c4ccc5c6c(cccc46)-c4c(-c6ccccc6)c(-c6ccccc6)c(-c6ccccc6)c(-c6ccccc6)c4-5)cc3)c3ccc(-c4cccc5c4oc4ccccc45)cc3)cccc21. The van der Waals surface area contributed by atoms with Crippen molar-refractivity contribution in [2.75, 3.05) is 4.90 Å². The van der Waals surface area contributed by atoms with Crippen molar-refractivity contribution in [1.29, 1.82) is 0 Å². The standard InChI is InChI=1S/C79H53NO/c1-79(2)66-36-17-15-31-63(66)75-67(79)37-21-38-68(75)80(57-46-42-51(43-47-57)59-32-19-34-62-60-30-16-18-39-69(60)81-78(59)62)56-44-40-50(41-45-56)58-48-49-65-74-61(58)33-20-35-64(74)76-72(54-26-11-5-12-27-54)70(52-22-7-3-8-23-52)71(53-24-9-4-10-25-53)73(77(65)76)55-28-13-6-14-29-55/h3-49H,1-2H3. The molecular weight excluding hydrogens is 979 g/mol. The minimum absolute atomic E-state index is 0.155. The average molecular weight is 1030 g/mol. The highest BCUT2D eigenvalue weighted by Gasteiger charge is 2.38. The summed E-state index contributed by atoms with van der Waals surface area (Å²) >= 11 is 0. The van der Waals surface area contributed by atoms with E-state index in [1.165, 1.54) is 111 Å². The predicted molar refractivity (Wildman–Crippen MR) is 341 cm³/mol. The number of benzene rings is 13. The molecule has 0 spiro atoms. The molecule has 0 amide bonds. The third kappa shape index (κ3) is 7.20. The number of anilines is 3. The average Bonchev–Trinajstić information content (AvgIpc) is 4.36. The number of nitrogens with zero attached hydrogens (tertiary/aromatic N) is 1. The van der Waals surface area contributed by atoms with Gasteiger partial charge in [-0.2, -0.15) is 0 Å². The molecule has 2 aliphatic rings. The topological polar surface area (TPSA) is 16.4 Å². The molecule has 0 unspecified atom stereocenters. The lowest BCUT2D eigenvalue weighted by atomic mass is 9.76. The summed E-state index contributed by atoms with van der Waals surface area (Å²) in [6.07, 6.45) is 0. The predicted octanol–water partition coefficient (Wildman–Crippen LogP) is 22.2. The van der Waals surface area contributed by atoms with Gasteiger partial charge < -0.3 is 9.32 Å². The lowest BCUT2D eigenvalue weighted by Gasteiger charge is -2.29. The first-order valence-electron chi connectivity index (χ1n) is 28.2. The fourth-order valence-corrected chi connectivity index (χ4v) is 13.8. The van der Waals surface area contributed by atoms with Gasteiger partial charge in [0.05, 0.1) is 5.69 Å². The van der Waals surface area contributed by atoms with Crippen molar-refractivity contribution < 1.29 is 4.42 Å². The normalized spacial score (nSPS) is 12.7. The summed E-state index contributed by atoms with van der Waals surface area (Å²) in [6, 6.07) is 105. The molecule has 13 aromatic carbocycles. The lowest BCUT2D eigenvalue weighted by molar-refractivity contribution is 0.660. The van der Waals surface area contributed by atoms with Crippen molar-refractivity contribution in [2.24, 2.45) is 0 Å². The second-order valence-electron chi connectivity index (χ2n) is 22.2. The summed E-state index contributed by atoms with van der Waals surface area (Å²) in [4.78, 5) is 2.46. The van der Waals surface area contributed by atoms with Crippen molar-refractivity contribution in [3.05, 3.63) is 296 Å². The molecule has 1 aromatic heterocycles. The fraction of sp³-hybridized carbons (Fsp3) is 0.0380. The van der Waals surface area contributed by atoms with Crippen LogP contribution in [0.3, 0.4) is 0 Å². The number of rotatable bonds is 9. The Morgan fingerprint density at radius 1 is 0.272 bits per heavy atom. The van der Waals surface area contributed by atoms with Crippen LogP contribution in [0.25, 0.3) is 133 Å². The maximum Gasteiger partial charge on any atom is 0.143 e. The zero-order valence-electron chi connectivity index (χ0n) is 45.0. The molecule has 0 radical (unpaired) electrons. The van der Waals surface area contributed by atoms with E-state index in [9.17, 15) is 0 Å². The van der Waals surface area contributed by atoms with Crippen LogP contribution in [0.4, 0.5) is 17.1 Å². The van der Waals surface area contributed by atoms with Gasteiger partial charge in [0.1, 0.15) is 11.2 Å². The summed E-state index contributed by atoms with van der Waals surface area (Å²) in [5, 5.41) is 4.78. The van der Waals surface area contributed by atoms with Crippen LogP contribution in [0, 0.1) is 0 Å². The van der Waals surface area contributed by atoms with Crippen LogP contribution in [0.5, 0.6) is 0 Å². The van der Waals surface area contributed by atoms with Crippen LogP contribution in [0.1, 0.15) is 25.0 Å². The van der Waals surface area contributed by atoms with Crippen LogP contribution >= 0.6 is 0 Å². The van der Waals surface area contributed by atoms with Crippen LogP contribution in [-0.4, -0.2) is 0 Å². The van der Waals surface area contributed by atoms with E-state index in [1.54, 1.807) is 0 Å². The molecule has 0 fully saturated rings. The molecule has 0 atom stereocenters. The van der Waals surface area contributed by atoms with Gasteiger partial charge in [-0.15, -0.1) is 0 Å². The first kappa shape index (κ1) is 46.8. The number of fused-ring (bicyclic) bond motifs is 9. The minimum Gasteiger partial charge on any atom is -0.455 e. The van der Waals surface area contributed by atoms with Crippen LogP contribution in [0.15, 0.2) is 290 Å². The van der Waals surface area contributed by atoms with Gasteiger partial charge in [-0.05, 0) is 147 Å². The number of hydrogen-bond donors (Lipinski definition) is 0. The highest BCUT2D eigenvalue weighted by molar-refractivity contribution is 6.27. The fourth-order valence-electron chi connectivity index (χ4n) is 13.8. The summed E-state index contributed by atoms with van der Waals surface area (Å²) in [5.41, 5.74) is 29.6. The second-order valence-corrected chi connectivity index (χ2v) is 22.2. The molecule has 81 heavy (non-hydrogen) atoms. The zero-order valence-corrected chi connectivity index (χ0v) is 45.0. The highest BCUT2D eigenvalue weighted by atomic mass is 16.3. The molecule has 1 heterocycles. The molecule has 380 valence electrons. The Morgan fingerprint density at radius 2 is 0.691 bits per heavy atom. The van der Waals surface area contributed by atoms with E-state index in [4.69, 9.17) is 4.42 Å². The molecule has 0 N–H and O–H groups in total. The van der Waals surface area contributed by atoms with Gasteiger partial charge in [0.25, 0.3) is 0 Å². The summed E-state index contributed by atoms with van der Waals surface area (Å²) in [7, 11) is 0. The summed E-state index contributed by atoms with van der Waals surface area (Å²) < 4.78 is 6.54. The van der Waals surface area contributed by atoms with E-state index in [1.807, 2.05) is 6.07 Å². The van der Waals surface area contributed by atoms with Gasteiger partial charge in [0, 0.05) is 38.7 Å². The van der Waals surface area contributed by atoms with Gasteiger partial charge in [0.2, 0.25) is 0 Å². The molecule has 0 bridgehead atoms. The second kappa shape index (κ2) is 18.4. The van der Waals surface area contributed by atoms with Crippen molar-refractivity contribution in [1.82, 2.24) is 0 Å². The summed E-state index contributed by atoms with van der Waals surface area (Å²) in [6.45, 7) is 4.72. The zero-order chi connectivity index (χ0) is 53.8. The largest absolute Gasteiger partial charge is 0.455 e. The molecule has 0 saturated heterocycles. The quantitative estimate of drug-likeness (QED) is 0.143. The molecule has 0 saturated carbocycles. The van der Waals surface area contributed by atoms with Crippen LogP contribution in [-0.2, 0) is 5.41 Å². The Balaban J connectivity index is 0.882. The third-order valence-corrected chi connectivity index (χ3v) is 17.4. The molecular formula is C79H53NO. The first-order valence-corrected chi connectivity index (χ1v) is 28.2. The summed E-state index contributed by atoms with van der Waals surface area (Å²) in [5.74, 6) is 0. The van der Waals surface area contributed by atoms with Gasteiger partial charge in [-0.25, -0.2) is 0 Å². The smallest absolute Gasteiger partial charge is 0.143 e. The van der Waals surface area contributed by atoms with Crippen LogP contribution in [0.2, 0.25) is 0 Å². The highest BCUT2D eigenvalue weighted by Crippen LogP contribution is 2.62. The van der Waals surface area contributed by atoms with Gasteiger partial charge in [-0.3, -0.25) is 0 Å². The van der Waals surface area contributed by atoms with E-state index >= 15 is 0 Å². The Kier molecular flexibility index (Phi) is 10.6. The van der Waals surface area contributed by atoms with E-state index in [2.05, 4.69) is 298 Å². The van der Waals surface area contributed by atoms with E-state index in [0.29, 0.717) is 0 Å². The Morgan fingerprint density at radius 3 is 1.28 bits per heavy atom.